The van der Waals surface area contributed by atoms with Crippen molar-refractivity contribution in [3.05, 3.63) is 65.7 Å². The zero-order valence-electron chi connectivity index (χ0n) is 11.7. The van der Waals surface area contributed by atoms with Gasteiger partial charge in [-0.25, -0.2) is 0 Å². The SMILES string of the molecule is CC[C@H](O)c1ccccc1OCOCc1ccccc1. The molecule has 20 heavy (non-hydrogen) atoms. The minimum atomic E-state index is -0.500. The monoisotopic (exact) mass is 272 g/mol. The molecule has 0 saturated heterocycles. The van der Waals surface area contributed by atoms with Gasteiger partial charge in [-0.1, -0.05) is 55.5 Å². The van der Waals surface area contributed by atoms with Crippen LogP contribution in [0.2, 0.25) is 0 Å². The van der Waals surface area contributed by atoms with E-state index in [2.05, 4.69) is 0 Å². The minimum Gasteiger partial charge on any atom is -0.467 e. The molecule has 3 nitrogen and oxygen atoms in total. The van der Waals surface area contributed by atoms with Crippen LogP contribution in [-0.2, 0) is 11.3 Å². The highest BCUT2D eigenvalue weighted by Crippen LogP contribution is 2.26. The molecule has 0 aliphatic heterocycles. The fourth-order valence-corrected chi connectivity index (χ4v) is 1.95. The van der Waals surface area contributed by atoms with E-state index < -0.39 is 6.10 Å². The number of hydrogen-bond donors (Lipinski definition) is 1. The Bertz CT molecular complexity index is 511. The van der Waals surface area contributed by atoms with Crippen LogP contribution in [0.5, 0.6) is 5.75 Å². The summed E-state index contributed by atoms with van der Waals surface area (Å²) in [6.07, 6.45) is 0.158. The van der Waals surface area contributed by atoms with E-state index in [4.69, 9.17) is 9.47 Å². The van der Waals surface area contributed by atoms with Crippen LogP contribution in [0.4, 0.5) is 0 Å². The van der Waals surface area contributed by atoms with Crippen molar-refractivity contribution in [2.24, 2.45) is 0 Å². The van der Waals surface area contributed by atoms with Crippen molar-refractivity contribution in [2.75, 3.05) is 6.79 Å². The van der Waals surface area contributed by atoms with Crippen LogP contribution < -0.4 is 4.74 Å². The lowest BCUT2D eigenvalue weighted by Gasteiger charge is -2.14. The van der Waals surface area contributed by atoms with Crippen molar-refractivity contribution in [1.82, 2.24) is 0 Å². The molecule has 0 fully saturated rings. The van der Waals surface area contributed by atoms with E-state index in [1.165, 1.54) is 0 Å². The molecule has 0 saturated carbocycles. The molecule has 3 heteroatoms. The van der Waals surface area contributed by atoms with Crippen molar-refractivity contribution in [2.45, 2.75) is 26.1 Å². The first-order valence-corrected chi connectivity index (χ1v) is 6.82. The Morgan fingerprint density at radius 2 is 1.70 bits per heavy atom. The zero-order valence-corrected chi connectivity index (χ0v) is 11.7. The normalized spacial score (nSPS) is 12.1. The van der Waals surface area contributed by atoms with Crippen LogP contribution in [0.1, 0.15) is 30.6 Å². The maximum absolute atomic E-state index is 9.92. The predicted octanol–water partition coefficient (Wildman–Crippen LogP) is 3.68. The molecule has 106 valence electrons. The summed E-state index contributed by atoms with van der Waals surface area (Å²) < 4.78 is 11.1. The summed E-state index contributed by atoms with van der Waals surface area (Å²) in [5.74, 6) is 0.676. The second-order valence-corrected chi connectivity index (χ2v) is 4.56. The Morgan fingerprint density at radius 3 is 2.45 bits per heavy atom. The van der Waals surface area contributed by atoms with E-state index in [0.29, 0.717) is 18.8 Å². The topological polar surface area (TPSA) is 38.7 Å². The summed E-state index contributed by atoms with van der Waals surface area (Å²) in [6, 6.07) is 17.5. The highest BCUT2D eigenvalue weighted by molar-refractivity contribution is 5.34. The summed E-state index contributed by atoms with van der Waals surface area (Å²) in [7, 11) is 0. The van der Waals surface area contributed by atoms with Gasteiger partial charge in [0.1, 0.15) is 5.75 Å². The first-order valence-electron chi connectivity index (χ1n) is 6.82. The summed E-state index contributed by atoms with van der Waals surface area (Å²) in [5, 5.41) is 9.92. The molecule has 0 aliphatic carbocycles. The summed E-state index contributed by atoms with van der Waals surface area (Å²) in [6.45, 7) is 2.62. The van der Waals surface area contributed by atoms with Crippen LogP contribution in [0.15, 0.2) is 54.6 Å². The smallest absolute Gasteiger partial charge is 0.189 e. The molecule has 2 rings (SSSR count). The highest BCUT2D eigenvalue weighted by atomic mass is 16.7. The van der Waals surface area contributed by atoms with Crippen LogP contribution in [-0.4, -0.2) is 11.9 Å². The third-order valence-corrected chi connectivity index (χ3v) is 3.07. The average Bonchev–Trinajstić information content (AvgIpc) is 2.52. The molecule has 0 unspecified atom stereocenters. The molecule has 0 amide bonds. The van der Waals surface area contributed by atoms with Crippen molar-refractivity contribution in [3.63, 3.8) is 0 Å². The van der Waals surface area contributed by atoms with Crippen LogP contribution in [0.25, 0.3) is 0 Å². The van der Waals surface area contributed by atoms with Gasteiger partial charge in [-0.15, -0.1) is 0 Å². The lowest BCUT2D eigenvalue weighted by Crippen LogP contribution is -2.06. The second-order valence-electron chi connectivity index (χ2n) is 4.56. The molecule has 0 spiro atoms. The number of aliphatic hydroxyl groups is 1. The van der Waals surface area contributed by atoms with Gasteiger partial charge in [-0.05, 0) is 18.1 Å². The van der Waals surface area contributed by atoms with E-state index in [-0.39, 0.29) is 6.79 Å². The standard InChI is InChI=1S/C17H20O3/c1-2-16(18)15-10-6-7-11-17(15)20-13-19-12-14-8-4-3-5-9-14/h3-11,16,18H,2,12-13H2,1H3/t16-/m0/s1. The third-order valence-electron chi connectivity index (χ3n) is 3.07. The van der Waals surface area contributed by atoms with Gasteiger partial charge in [-0.2, -0.15) is 0 Å². The van der Waals surface area contributed by atoms with E-state index in [0.717, 1.165) is 11.1 Å². The second kappa shape index (κ2) is 7.68. The lowest BCUT2D eigenvalue weighted by atomic mass is 10.1. The minimum absolute atomic E-state index is 0.169. The van der Waals surface area contributed by atoms with E-state index in [1.54, 1.807) is 0 Å². The lowest BCUT2D eigenvalue weighted by molar-refractivity contribution is 0.00318. The summed E-state index contributed by atoms with van der Waals surface area (Å²) in [5.41, 5.74) is 1.91. The third kappa shape index (κ3) is 4.08. The van der Waals surface area contributed by atoms with Gasteiger partial charge in [0.15, 0.2) is 6.79 Å². The Morgan fingerprint density at radius 1 is 1.00 bits per heavy atom. The van der Waals surface area contributed by atoms with Gasteiger partial charge in [0.2, 0.25) is 0 Å². The quantitative estimate of drug-likeness (QED) is 0.617. The Hall–Kier alpha value is -1.84. The fourth-order valence-electron chi connectivity index (χ4n) is 1.95. The molecule has 2 aromatic carbocycles. The molecule has 0 aromatic heterocycles. The van der Waals surface area contributed by atoms with Crippen LogP contribution in [0, 0.1) is 0 Å². The number of ether oxygens (including phenoxy) is 2. The van der Waals surface area contributed by atoms with Gasteiger partial charge in [-0.3, -0.25) is 0 Å². The predicted molar refractivity (Wildman–Crippen MR) is 78.4 cm³/mol. The first-order chi connectivity index (χ1) is 9.81. The number of aliphatic hydroxyl groups excluding tert-OH is 1. The molecule has 0 bridgehead atoms. The summed E-state index contributed by atoms with van der Waals surface area (Å²) >= 11 is 0. The number of benzene rings is 2. The van der Waals surface area contributed by atoms with E-state index >= 15 is 0 Å². The molecule has 2 aromatic rings. The molecular weight excluding hydrogens is 252 g/mol. The average molecular weight is 272 g/mol. The van der Waals surface area contributed by atoms with Crippen LogP contribution in [0.3, 0.4) is 0 Å². The largest absolute Gasteiger partial charge is 0.467 e. The first kappa shape index (κ1) is 14.6. The molecule has 1 atom stereocenters. The molecule has 0 heterocycles. The number of rotatable bonds is 7. The fraction of sp³-hybridized carbons (Fsp3) is 0.294. The Kier molecular flexibility index (Phi) is 5.59. The zero-order chi connectivity index (χ0) is 14.2. The highest BCUT2D eigenvalue weighted by Gasteiger charge is 2.10. The number of para-hydroxylation sites is 1. The maximum atomic E-state index is 9.92. The van der Waals surface area contributed by atoms with E-state index in [1.807, 2.05) is 61.5 Å². The molecule has 0 aliphatic rings. The van der Waals surface area contributed by atoms with Crippen molar-refractivity contribution < 1.29 is 14.6 Å². The van der Waals surface area contributed by atoms with Gasteiger partial charge in [0.25, 0.3) is 0 Å². The molecule has 0 radical (unpaired) electrons. The van der Waals surface area contributed by atoms with Crippen molar-refractivity contribution in [1.29, 1.82) is 0 Å². The van der Waals surface area contributed by atoms with Gasteiger partial charge < -0.3 is 14.6 Å². The van der Waals surface area contributed by atoms with Crippen LogP contribution >= 0.6 is 0 Å². The Labute approximate surface area is 119 Å². The van der Waals surface area contributed by atoms with Crippen molar-refractivity contribution >= 4 is 0 Å². The Balaban J connectivity index is 1.85. The van der Waals surface area contributed by atoms with E-state index in [9.17, 15) is 5.11 Å². The van der Waals surface area contributed by atoms with Gasteiger partial charge >= 0.3 is 0 Å². The molecule has 1 N–H and O–H groups in total. The van der Waals surface area contributed by atoms with Gasteiger partial charge in [0.05, 0.1) is 12.7 Å². The summed E-state index contributed by atoms with van der Waals surface area (Å²) in [4.78, 5) is 0. The maximum Gasteiger partial charge on any atom is 0.189 e. The van der Waals surface area contributed by atoms with Gasteiger partial charge in [0, 0.05) is 5.56 Å². The number of hydrogen-bond acceptors (Lipinski definition) is 3. The van der Waals surface area contributed by atoms with Crippen molar-refractivity contribution in [3.8, 4) is 5.75 Å². The molecular formula is C17H20O3.